The lowest BCUT2D eigenvalue weighted by Gasteiger charge is -2.32. The second-order valence-corrected chi connectivity index (χ2v) is 23.2. The highest BCUT2D eigenvalue weighted by atomic mass is 15.1. The van der Waals surface area contributed by atoms with E-state index in [-0.39, 0.29) is 10.8 Å². The number of nitrogens with zero attached hydrogens (tertiary/aromatic N) is 1. The summed E-state index contributed by atoms with van der Waals surface area (Å²) in [5, 5.41) is 4.95. The summed E-state index contributed by atoms with van der Waals surface area (Å²) in [6.45, 7) is 11.6. The number of hydrogen-bond donors (Lipinski definition) is 0. The molecule has 0 atom stereocenters. The molecule has 366 valence electrons. The van der Waals surface area contributed by atoms with Crippen molar-refractivity contribution in [2.75, 3.05) is 4.90 Å². The van der Waals surface area contributed by atoms with Gasteiger partial charge < -0.3 is 4.90 Å². The van der Waals surface area contributed by atoms with E-state index in [1.807, 2.05) is 0 Å². The van der Waals surface area contributed by atoms with Crippen LogP contribution in [0.3, 0.4) is 0 Å². The summed E-state index contributed by atoms with van der Waals surface area (Å²) in [5.41, 5.74) is 27.4. The molecule has 1 nitrogen and oxygen atoms in total. The molecule has 0 aromatic heterocycles. The fraction of sp³-hybridized carbons (Fsp3) is 0.105. The third-order valence-electron chi connectivity index (χ3n) is 17.7. The van der Waals surface area contributed by atoms with Gasteiger partial charge in [0.2, 0.25) is 0 Å². The van der Waals surface area contributed by atoms with E-state index < -0.39 is 5.41 Å². The van der Waals surface area contributed by atoms with Crippen LogP contribution in [-0.2, 0) is 16.2 Å². The molecular weight excluding hydrogens is 927 g/mol. The Kier molecular flexibility index (Phi) is 9.86. The minimum atomic E-state index is -0.475. The Morgan fingerprint density at radius 1 is 0.312 bits per heavy atom. The van der Waals surface area contributed by atoms with E-state index in [4.69, 9.17) is 0 Å². The van der Waals surface area contributed by atoms with Crippen LogP contribution in [0.25, 0.3) is 88.3 Å². The van der Waals surface area contributed by atoms with Crippen molar-refractivity contribution >= 4 is 38.6 Å². The SMILES string of the molecule is CC(C)(C)c1ccc(-c2ccc(-c3ccc(N(c4ccc5c(c4)-c4cc6ccccc6cc4C54c5ccccc5-c5ccccc54)c4ccc5ccccc5c4-c4cccc5c4-c4ccccc4C5(C)C)cc3)cc2)cc1. The summed E-state index contributed by atoms with van der Waals surface area (Å²) < 4.78 is 0. The average Bonchev–Trinajstić information content (AvgIpc) is 4.11. The van der Waals surface area contributed by atoms with Crippen LogP contribution in [0.1, 0.15) is 73.6 Å². The van der Waals surface area contributed by atoms with Gasteiger partial charge in [-0.25, -0.2) is 0 Å². The molecule has 0 unspecified atom stereocenters. The van der Waals surface area contributed by atoms with Gasteiger partial charge in [-0.3, -0.25) is 0 Å². The largest absolute Gasteiger partial charge is 0.310 e. The summed E-state index contributed by atoms with van der Waals surface area (Å²) in [6.07, 6.45) is 0. The van der Waals surface area contributed by atoms with Crippen LogP contribution >= 0.6 is 0 Å². The van der Waals surface area contributed by atoms with Crippen molar-refractivity contribution in [2.24, 2.45) is 0 Å². The van der Waals surface area contributed by atoms with Crippen LogP contribution in [-0.4, -0.2) is 0 Å². The standard InChI is InChI=1S/C76H57N/c1-74(2,3)55-38-33-50(34-39-55)48-29-31-49(32-30-48)51-35-40-56(41-36-51)77(71-44-37-52-17-8-9-20-58(52)73(71)62-24-16-28-69-72(62)61-23-12-13-25-65(61)75(69,4)5)57-42-43-68-64(47-57)63-45-53-18-6-7-19-54(53)46-70(63)76(68)66-26-14-10-21-59(66)60-22-11-15-27-67(60)76/h6-47H,1-5H3. The first-order chi connectivity index (χ1) is 37.6. The van der Waals surface area contributed by atoms with Gasteiger partial charge in [-0.05, 0) is 170 Å². The maximum atomic E-state index is 2.55. The van der Waals surface area contributed by atoms with E-state index in [1.165, 1.54) is 127 Å². The third kappa shape index (κ3) is 6.66. The molecule has 0 amide bonds. The summed E-state index contributed by atoms with van der Waals surface area (Å²) >= 11 is 0. The van der Waals surface area contributed by atoms with Gasteiger partial charge >= 0.3 is 0 Å². The highest BCUT2D eigenvalue weighted by molar-refractivity contribution is 6.10. The predicted molar refractivity (Wildman–Crippen MR) is 325 cm³/mol. The van der Waals surface area contributed by atoms with Crippen LogP contribution in [0.4, 0.5) is 17.1 Å². The first-order valence-corrected chi connectivity index (χ1v) is 27.3. The molecule has 1 heteroatoms. The Morgan fingerprint density at radius 2 is 0.792 bits per heavy atom. The molecule has 3 aliphatic carbocycles. The van der Waals surface area contributed by atoms with Crippen molar-refractivity contribution in [3.05, 3.63) is 294 Å². The highest BCUT2D eigenvalue weighted by Gasteiger charge is 2.52. The van der Waals surface area contributed by atoms with E-state index in [0.29, 0.717) is 0 Å². The van der Waals surface area contributed by atoms with Gasteiger partial charge in [-0.1, -0.05) is 247 Å². The van der Waals surface area contributed by atoms with Gasteiger partial charge in [0.05, 0.1) is 11.1 Å². The fourth-order valence-corrected chi connectivity index (χ4v) is 13.9. The normalized spacial score (nSPS) is 14.0. The number of hydrogen-bond acceptors (Lipinski definition) is 1. The molecular formula is C76H57N. The Hall–Kier alpha value is -9.04. The lowest BCUT2D eigenvalue weighted by atomic mass is 9.70. The Morgan fingerprint density at radius 3 is 1.44 bits per heavy atom. The van der Waals surface area contributed by atoms with E-state index >= 15 is 0 Å². The van der Waals surface area contributed by atoms with Crippen LogP contribution in [0.15, 0.2) is 255 Å². The fourth-order valence-electron chi connectivity index (χ4n) is 13.9. The number of benzene rings is 12. The van der Waals surface area contributed by atoms with Crippen molar-refractivity contribution < 1.29 is 0 Å². The van der Waals surface area contributed by atoms with Crippen LogP contribution in [0.5, 0.6) is 0 Å². The maximum Gasteiger partial charge on any atom is 0.0725 e. The molecule has 3 aliphatic rings. The van der Waals surface area contributed by atoms with Crippen LogP contribution in [0, 0.1) is 0 Å². The maximum absolute atomic E-state index is 2.55. The molecule has 0 N–H and O–H groups in total. The molecule has 0 heterocycles. The zero-order chi connectivity index (χ0) is 51.8. The Labute approximate surface area is 452 Å². The van der Waals surface area contributed by atoms with Gasteiger partial charge in [0.15, 0.2) is 0 Å². The smallest absolute Gasteiger partial charge is 0.0725 e. The topological polar surface area (TPSA) is 3.24 Å². The quantitative estimate of drug-likeness (QED) is 0.160. The van der Waals surface area contributed by atoms with Gasteiger partial charge in [0.25, 0.3) is 0 Å². The Balaban J connectivity index is 0.956. The summed E-state index contributed by atoms with van der Waals surface area (Å²) in [4.78, 5) is 2.55. The molecule has 0 bridgehead atoms. The number of anilines is 3. The first kappa shape index (κ1) is 45.4. The third-order valence-corrected chi connectivity index (χ3v) is 17.7. The summed E-state index contributed by atoms with van der Waals surface area (Å²) in [6, 6.07) is 96.6. The first-order valence-electron chi connectivity index (χ1n) is 27.3. The molecule has 0 fully saturated rings. The van der Waals surface area contributed by atoms with E-state index in [9.17, 15) is 0 Å². The Bertz CT molecular complexity index is 4330. The van der Waals surface area contributed by atoms with Crippen molar-refractivity contribution in [1.82, 2.24) is 0 Å². The van der Waals surface area contributed by atoms with Crippen molar-refractivity contribution in [3.63, 3.8) is 0 Å². The zero-order valence-corrected chi connectivity index (χ0v) is 44.2. The van der Waals surface area contributed by atoms with Gasteiger partial charge in [-0.15, -0.1) is 0 Å². The zero-order valence-electron chi connectivity index (χ0n) is 44.2. The van der Waals surface area contributed by atoms with E-state index in [2.05, 4.69) is 294 Å². The molecule has 15 rings (SSSR count). The number of fused-ring (bicyclic) bond motifs is 15. The molecule has 0 saturated heterocycles. The van der Waals surface area contributed by atoms with Crippen LogP contribution in [0.2, 0.25) is 0 Å². The molecule has 1 spiro atoms. The van der Waals surface area contributed by atoms with Crippen molar-refractivity contribution in [2.45, 2.75) is 50.9 Å². The molecule has 12 aromatic rings. The van der Waals surface area contributed by atoms with E-state index in [0.717, 1.165) is 17.1 Å². The van der Waals surface area contributed by atoms with Crippen molar-refractivity contribution in [1.29, 1.82) is 0 Å². The molecule has 0 aliphatic heterocycles. The van der Waals surface area contributed by atoms with Gasteiger partial charge in [0, 0.05) is 22.4 Å². The molecule has 0 saturated carbocycles. The highest BCUT2D eigenvalue weighted by Crippen LogP contribution is 2.64. The molecule has 12 aromatic carbocycles. The van der Waals surface area contributed by atoms with Gasteiger partial charge in [-0.2, -0.15) is 0 Å². The second-order valence-electron chi connectivity index (χ2n) is 23.2. The minimum absolute atomic E-state index is 0.116. The van der Waals surface area contributed by atoms with E-state index in [1.54, 1.807) is 0 Å². The molecule has 0 radical (unpaired) electrons. The number of rotatable bonds is 6. The minimum Gasteiger partial charge on any atom is -0.310 e. The summed E-state index contributed by atoms with van der Waals surface area (Å²) in [5.74, 6) is 0. The molecule has 77 heavy (non-hydrogen) atoms. The summed E-state index contributed by atoms with van der Waals surface area (Å²) in [7, 11) is 0. The second kappa shape index (κ2) is 16.7. The average molecular weight is 984 g/mol. The monoisotopic (exact) mass is 983 g/mol. The van der Waals surface area contributed by atoms with Crippen LogP contribution < -0.4 is 4.90 Å². The lowest BCUT2D eigenvalue weighted by Crippen LogP contribution is -2.25. The predicted octanol–water partition coefficient (Wildman–Crippen LogP) is 20.4. The van der Waals surface area contributed by atoms with Gasteiger partial charge in [0.1, 0.15) is 0 Å². The lowest BCUT2D eigenvalue weighted by molar-refractivity contribution is 0.590. The van der Waals surface area contributed by atoms with Crippen molar-refractivity contribution in [3.8, 4) is 66.8 Å².